The second kappa shape index (κ2) is 7.10. The third-order valence-electron chi connectivity index (χ3n) is 3.20. The van der Waals surface area contributed by atoms with Crippen molar-refractivity contribution in [3.63, 3.8) is 0 Å². The third-order valence-corrected chi connectivity index (χ3v) is 3.40. The molecule has 0 spiro atoms. The summed E-state index contributed by atoms with van der Waals surface area (Å²) >= 11 is 5.13. The van der Waals surface area contributed by atoms with E-state index in [1.165, 1.54) is 0 Å². The van der Waals surface area contributed by atoms with Crippen LogP contribution in [-0.4, -0.2) is 31.4 Å². The van der Waals surface area contributed by atoms with Crippen LogP contribution >= 0.6 is 12.2 Å². The van der Waals surface area contributed by atoms with E-state index in [0.717, 1.165) is 12.0 Å². The Morgan fingerprint density at radius 3 is 2.75 bits per heavy atom. The van der Waals surface area contributed by atoms with Crippen molar-refractivity contribution < 1.29 is 5.11 Å². The first-order valence-corrected chi connectivity index (χ1v) is 7.83. The number of pyridine rings is 1. The Balaban J connectivity index is 1.91. The highest BCUT2D eigenvalue weighted by molar-refractivity contribution is 7.80. The van der Waals surface area contributed by atoms with Gasteiger partial charge in [0.2, 0.25) is 0 Å². The average molecular weight is 337 g/mol. The van der Waals surface area contributed by atoms with E-state index in [9.17, 15) is 5.11 Å². The minimum Gasteiger partial charge on any atom is -0.508 e. The Kier molecular flexibility index (Phi) is 4.72. The fourth-order valence-corrected chi connectivity index (χ4v) is 2.23. The summed E-state index contributed by atoms with van der Waals surface area (Å²) in [6.45, 7) is 1.99. The van der Waals surface area contributed by atoms with Crippen LogP contribution in [0.3, 0.4) is 0 Å². The van der Waals surface area contributed by atoms with Crippen LogP contribution in [0.1, 0.15) is 13.3 Å². The molecule has 0 fully saturated rings. The number of hydrogen-bond donors (Lipinski definition) is 2. The zero-order chi connectivity index (χ0) is 16.9. The zero-order valence-electron chi connectivity index (χ0n) is 13.0. The van der Waals surface area contributed by atoms with Gasteiger partial charge >= 0.3 is 0 Å². The van der Waals surface area contributed by atoms with E-state index in [4.69, 9.17) is 12.2 Å². The highest BCUT2D eigenvalue weighted by Gasteiger charge is 2.06. The number of phenols is 1. The molecule has 0 aliphatic heterocycles. The van der Waals surface area contributed by atoms with E-state index in [-0.39, 0.29) is 5.75 Å². The standard InChI is InChI=1S/C17H15N5OS/c1-2-9-18-17(24)22-15-8-7-13-16(21-15)20-14(10-19-13)11-3-5-12(23)6-4-11/h3-10,23H,2H2,1H3,(H,20,21,22,24). The molecule has 6 nitrogen and oxygen atoms in total. The zero-order valence-corrected chi connectivity index (χ0v) is 13.8. The number of anilines is 1. The summed E-state index contributed by atoms with van der Waals surface area (Å²) in [7, 11) is 0. The largest absolute Gasteiger partial charge is 0.508 e. The van der Waals surface area contributed by atoms with Gasteiger partial charge in [0.15, 0.2) is 10.8 Å². The quantitative estimate of drug-likeness (QED) is 0.561. The molecule has 2 aromatic heterocycles. The molecule has 0 atom stereocenters. The molecule has 3 aromatic rings. The minimum atomic E-state index is 0.207. The lowest BCUT2D eigenvalue weighted by molar-refractivity contribution is 0.475. The fraction of sp³-hybridized carbons (Fsp3) is 0.118. The van der Waals surface area contributed by atoms with Gasteiger partial charge in [-0.1, -0.05) is 6.92 Å². The summed E-state index contributed by atoms with van der Waals surface area (Å²) in [6, 6.07) is 10.4. The molecular formula is C17H15N5OS. The van der Waals surface area contributed by atoms with Gasteiger partial charge in [0.1, 0.15) is 17.1 Å². The van der Waals surface area contributed by atoms with Crippen LogP contribution in [0.2, 0.25) is 0 Å². The molecule has 0 saturated carbocycles. The van der Waals surface area contributed by atoms with Gasteiger partial charge in [-0.3, -0.25) is 4.98 Å². The summed E-state index contributed by atoms with van der Waals surface area (Å²) in [5.41, 5.74) is 2.73. The second-order valence-electron chi connectivity index (χ2n) is 4.99. The number of hydrogen-bond acceptors (Lipinski definition) is 5. The molecule has 2 N–H and O–H groups in total. The summed E-state index contributed by atoms with van der Waals surface area (Å²) in [6.07, 6.45) is 4.23. The number of benzene rings is 1. The number of nitrogens with one attached hydrogen (secondary N) is 1. The number of aliphatic imine (C=N–C) groups is 1. The molecule has 1 aromatic carbocycles. The van der Waals surface area contributed by atoms with Gasteiger partial charge in [0.05, 0.1) is 11.9 Å². The maximum absolute atomic E-state index is 9.38. The number of rotatable bonds is 3. The molecule has 3 rings (SSSR count). The van der Waals surface area contributed by atoms with Crippen molar-refractivity contribution in [2.75, 3.05) is 5.32 Å². The Morgan fingerprint density at radius 2 is 2.00 bits per heavy atom. The van der Waals surface area contributed by atoms with Gasteiger partial charge in [-0.25, -0.2) is 15.0 Å². The van der Waals surface area contributed by atoms with Crippen molar-refractivity contribution in [1.82, 2.24) is 15.0 Å². The number of aromatic hydroxyl groups is 1. The monoisotopic (exact) mass is 337 g/mol. The Labute approximate surface area is 144 Å². The first kappa shape index (κ1) is 15.9. The van der Waals surface area contributed by atoms with Crippen LogP contribution in [0.4, 0.5) is 5.82 Å². The van der Waals surface area contributed by atoms with Crippen LogP contribution in [0, 0.1) is 0 Å². The maximum Gasteiger partial charge on any atom is 0.198 e. The Bertz CT molecular complexity index is 909. The van der Waals surface area contributed by atoms with Crippen molar-refractivity contribution in [3.8, 4) is 17.0 Å². The van der Waals surface area contributed by atoms with Crippen LogP contribution in [0.5, 0.6) is 5.75 Å². The predicted molar refractivity (Wildman–Crippen MR) is 99.4 cm³/mol. The van der Waals surface area contributed by atoms with Crippen molar-refractivity contribution in [2.24, 2.45) is 4.99 Å². The first-order valence-electron chi connectivity index (χ1n) is 7.42. The van der Waals surface area contributed by atoms with Crippen molar-refractivity contribution in [2.45, 2.75) is 13.3 Å². The summed E-state index contributed by atoms with van der Waals surface area (Å²) < 4.78 is 0. The van der Waals surface area contributed by atoms with E-state index in [1.54, 1.807) is 42.7 Å². The number of nitrogens with zero attached hydrogens (tertiary/aromatic N) is 4. The molecule has 24 heavy (non-hydrogen) atoms. The Morgan fingerprint density at radius 1 is 1.21 bits per heavy atom. The molecule has 0 amide bonds. The maximum atomic E-state index is 9.38. The molecule has 120 valence electrons. The average Bonchev–Trinajstić information content (AvgIpc) is 2.60. The summed E-state index contributed by atoms with van der Waals surface area (Å²) in [4.78, 5) is 17.4. The van der Waals surface area contributed by atoms with Gasteiger partial charge in [0, 0.05) is 11.8 Å². The molecule has 0 unspecified atom stereocenters. The van der Waals surface area contributed by atoms with Crippen LogP contribution in [0.25, 0.3) is 22.4 Å². The van der Waals surface area contributed by atoms with Gasteiger partial charge < -0.3 is 10.4 Å². The van der Waals surface area contributed by atoms with Crippen LogP contribution in [-0.2, 0) is 0 Å². The van der Waals surface area contributed by atoms with Gasteiger partial charge in [0.25, 0.3) is 0 Å². The second-order valence-corrected chi connectivity index (χ2v) is 5.38. The van der Waals surface area contributed by atoms with Crippen molar-refractivity contribution in [1.29, 1.82) is 0 Å². The lowest BCUT2D eigenvalue weighted by atomic mass is 10.1. The van der Waals surface area contributed by atoms with E-state index in [2.05, 4.69) is 25.3 Å². The molecule has 0 bridgehead atoms. The molecule has 2 heterocycles. The molecular weight excluding hydrogens is 322 g/mol. The topological polar surface area (TPSA) is 83.3 Å². The molecule has 0 aliphatic carbocycles. The smallest absolute Gasteiger partial charge is 0.198 e. The number of phenolic OH excluding ortho intramolecular Hbond substituents is 1. The van der Waals surface area contributed by atoms with Gasteiger partial charge in [-0.05, 0) is 55.0 Å². The van der Waals surface area contributed by atoms with E-state index in [0.29, 0.717) is 27.8 Å². The highest BCUT2D eigenvalue weighted by Crippen LogP contribution is 2.21. The lowest BCUT2D eigenvalue weighted by Gasteiger charge is -2.06. The summed E-state index contributed by atoms with van der Waals surface area (Å²) in [5, 5.41) is 12.7. The molecule has 0 aliphatic rings. The van der Waals surface area contributed by atoms with Crippen molar-refractivity contribution >= 4 is 40.5 Å². The van der Waals surface area contributed by atoms with E-state index < -0.39 is 0 Å². The van der Waals surface area contributed by atoms with Crippen LogP contribution in [0.15, 0.2) is 47.6 Å². The number of fused-ring (bicyclic) bond motifs is 1. The SMILES string of the molecule is CCC=NC(=S)Nc1ccc2ncc(-c3ccc(O)cc3)nc2n1. The molecule has 0 saturated heterocycles. The van der Waals surface area contributed by atoms with E-state index >= 15 is 0 Å². The highest BCUT2D eigenvalue weighted by atomic mass is 32.1. The van der Waals surface area contributed by atoms with Crippen molar-refractivity contribution in [3.05, 3.63) is 42.6 Å². The lowest BCUT2D eigenvalue weighted by Crippen LogP contribution is -2.08. The minimum absolute atomic E-state index is 0.207. The number of aromatic nitrogens is 3. The first-order chi connectivity index (χ1) is 11.7. The summed E-state index contributed by atoms with van der Waals surface area (Å²) in [5.74, 6) is 0.774. The van der Waals surface area contributed by atoms with Crippen LogP contribution < -0.4 is 5.32 Å². The normalized spacial score (nSPS) is 11.0. The molecule has 0 radical (unpaired) electrons. The Hall–Kier alpha value is -2.93. The van der Waals surface area contributed by atoms with Gasteiger partial charge in [-0.2, -0.15) is 0 Å². The predicted octanol–water partition coefficient (Wildman–Crippen LogP) is 3.58. The fourth-order valence-electron chi connectivity index (χ4n) is 2.05. The van der Waals surface area contributed by atoms with Gasteiger partial charge in [-0.15, -0.1) is 0 Å². The number of thiocarbonyl (C=S) groups is 1. The van der Waals surface area contributed by atoms with E-state index in [1.807, 2.05) is 13.0 Å². The third kappa shape index (κ3) is 3.69. The molecule has 7 heteroatoms.